The third-order valence-corrected chi connectivity index (χ3v) is 5.26. The number of thioether (sulfide) groups is 1. The molecule has 1 aromatic rings. The normalized spacial score (nSPS) is 16.2. The molecule has 0 aromatic heterocycles. The van der Waals surface area contributed by atoms with Crippen molar-refractivity contribution < 1.29 is 14.7 Å². The zero-order valence-electron chi connectivity index (χ0n) is 14.0. The fourth-order valence-electron chi connectivity index (χ4n) is 3.42. The monoisotopic (exact) mass is 346 g/mol. The largest absolute Gasteiger partial charge is 0.481 e. The zero-order valence-corrected chi connectivity index (χ0v) is 14.8. The van der Waals surface area contributed by atoms with E-state index in [0.29, 0.717) is 18.5 Å². The zero-order chi connectivity index (χ0) is 17.7. The molecule has 0 unspecified atom stereocenters. The van der Waals surface area contributed by atoms with Crippen molar-refractivity contribution in [3.8, 4) is 5.40 Å². The molecule has 2 rings (SSSR count). The molecule has 1 aliphatic rings. The molecule has 0 spiro atoms. The van der Waals surface area contributed by atoms with Gasteiger partial charge in [0.05, 0.1) is 5.41 Å². The van der Waals surface area contributed by atoms with Gasteiger partial charge in [0.25, 0.3) is 0 Å². The second kappa shape index (κ2) is 7.71. The molecule has 24 heavy (non-hydrogen) atoms. The fraction of sp³-hybridized carbons (Fsp3) is 0.500. The molecule has 5 nitrogen and oxygen atoms in total. The van der Waals surface area contributed by atoms with Crippen LogP contribution in [-0.4, -0.2) is 17.0 Å². The van der Waals surface area contributed by atoms with E-state index < -0.39 is 11.4 Å². The van der Waals surface area contributed by atoms with E-state index >= 15 is 0 Å². The van der Waals surface area contributed by atoms with Gasteiger partial charge in [-0.05, 0) is 61.7 Å². The number of nitriles is 1. The summed E-state index contributed by atoms with van der Waals surface area (Å²) in [6.45, 7) is 3.75. The van der Waals surface area contributed by atoms with Crippen LogP contribution in [0.2, 0.25) is 0 Å². The van der Waals surface area contributed by atoms with E-state index in [0.717, 1.165) is 47.0 Å². The summed E-state index contributed by atoms with van der Waals surface area (Å²) in [6.07, 6.45) is 3.88. The number of rotatable bonds is 5. The maximum absolute atomic E-state index is 12.5. The van der Waals surface area contributed by atoms with Gasteiger partial charge in [-0.15, -0.1) is 0 Å². The highest BCUT2D eigenvalue weighted by Crippen LogP contribution is 2.40. The van der Waals surface area contributed by atoms with Crippen molar-refractivity contribution in [3.05, 3.63) is 23.3 Å². The van der Waals surface area contributed by atoms with Gasteiger partial charge in [-0.1, -0.05) is 19.3 Å². The van der Waals surface area contributed by atoms with E-state index in [2.05, 4.69) is 5.32 Å². The highest BCUT2D eigenvalue weighted by molar-refractivity contribution is 8.03. The number of carbonyl (C=O) groups excluding carboxylic acids is 1. The summed E-state index contributed by atoms with van der Waals surface area (Å²) in [6, 6.07) is 3.70. The number of nitrogens with zero attached hydrogens (tertiary/aromatic N) is 1. The van der Waals surface area contributed by atoms with Crippen molar-refractivity contribution in [2.24, 2.45) is 5.41 Å². The number of amides is 1. The number of anilines is 1. The van der Waals surface area contributed by atoms with Crippen molar-refractivity contribution in [3.63, 3.8) is 0 Å². The second-order valence-electron chi connectivity index (χ2n) is 6.50. The average Bonchev–Trinajstić information content (AvgIpc) is 2.52. The van der Waals surface area contributed by atoms with Crippen LogP contribution in [0, 0.1) is 29.9 Å². The number of nitrogens with one attached hydrogen (secondary N) is 1. The number of hydrogen-bond acceptors (Lipinski definition) is 4. The number of carbonyl (C=O) groups is 2. The Balaban J connectivity index is 2.15. The first kappa shape index (κ1) is 18.3. The maximum Gasteiger partial charge on any atom is 0.310 e. The molecular formula is C18H22N2O3S. The summed E-state index contributed by atoms with van der Waals surface area (Å²) < 4.78 is 0. The highest BCUT2D eigenvalue weighted by atomic mass is 32.2. The van der Waals surface area contributed by atoms with Gasteiger partial charge in [0, 0.05) is 17.0 Å². The summed E-state index contributed by atoms with van der Waals surface area (Å²) in [7, 11) is 0. The van der Waals surface area contributed by atoms with Gasteiger partial charge in [0.1, 0.15) is 5.40 Å². The number of carboxylic acids is 1. The minimum atomic E-state index is -0.930. The Morgan fingerprint density at radius 2 is 1.83 bits per heavy atom. The molecule has 2 N–H and O–H groups in total. The van der Waals surface area contributed by atoms with E-state index in [1.165, 1.54) is 0 Å². The Morgan fingerprint density at radius 3 is 2.33 bits per heavy atom. The number of benzene rings is 1. The van der Waals surface area contributed by atoms with Crippen molar-refractivity contribution in [1.29, 1.82) is 5.26 Å². The first-order valence-corrected chi connectivity index (χ1v) is 8.90. The maximum atomic E-state index is 12.5. The molecule has 0 saturated heterocycles. The smallest absolute Gasteiger partial charge is 0.310 e. The third-order valence-electron chi connectivity index (χ3n) is 4.70. The van der Waals surface area contributed by atoms with Crippen LogP contribution >= 0.6 is 11.8 Å². The lowest BCUT2D eigenvalue weighted by Crippen LogP contribution is -2.37. The molecular weight excluding hydrogens is 324 g/mol. The molecule has 0 aliphatic heterocycles. The summed E-state index contributed by atoms with van der Waals surface area (Å²) in [5.74, 6) is -1.13. The van der Waals surface area contributed by atoms with Crippen LogP contribution in [0.15, 0.2) is 17.0 Å². The molecule has 6 heteroatoms. The fourth-order valence-corrected chi connectivity index (χ4v) is 4.00. The molecule has 0 bridgehead atoms. The first-order chi connectivity index (χ1) is 11.4. The van der Waals surface area contributed by atoms with Crippen molar-refractivity contribution in [1.82, 2.24) is 0 Å². The van der Waals surface area contributed by atoms with Gasteiger partial charge in [0.15, 0.2) is 0 Å². The summed E-state index contributed by atoms with van der Waals surface area (Å²) >= 11 is 1.08. The van der Waals surface area contributed by atoms with Crippen molar-refractivity contribution >= 4 is 29.3 Å². The minimum Gasteiger partial charge on any atom is -0.481 e. The standard InChI is InChI=1S/C18H22N2O3S/c1-12-8-14(24-11-19)9-13(2)16(12)20-15(21)10-18(17(22)23)6-4-3-5-7-18/h8-9H,3-7,10H2,1-2H3,(H,20,21)(H,22,23). The summed E-state index contributed by atoms with van der Waals surface area (Å²) in [5, 5.41) is 23.3. The molecule has 0 radical (unpaired) electrons. The van der Waals surface area contributed by atoms with Crippen molar-refractivity contribution in [2.75, 3.05) is 5.32 Å². The van der Waals surface area contributed by atoms with E-state index in [9.17, 15) is 14.7 Å². The van der Waals surface area contributed by atoms with Gasteiger partial charge >= 0.3 is 5.97 Å². The van der Waals surface area contributed by atoms with E-state index in [4.69, 9.17) is 5.26 Å². The Labute approximate surface area is 146 Å². The van der Waals surface area contributed by atoms with E-state index in [1.54, 1.807) is 0 Å². The Kier molecular flexibility index (Phi) is 5.89. The number of carboxylic acid groups (broad SMARTS) is 1. The SMILES string of the molecule is Cc1cc(SC#N)cc(C)c1NC(=O)CC1(C(=O)O)CCCCC1. The molecule has 1 amide bonds. The molecule has 1 fully saturated rings. The minimum absolute atomic E-state index is 0.00983. The highest BCUT2D eigenvalue weighted by Gasteiger charge is 2.41. The predicted molar refractivity (Wildman–Crippen MR) is 93.8 cm³/mol. The molecule has 0 heterocycles. The van der Waals surface area contributed by atoms with Crippen LogP contribution in [0.25, 0.3) is 0 Å². The lowest BCUT2D eigenvalue weighted by Gasteiger charge is -2.32. The van der Waals surface area contributed by atoms with Gasteiger partial charge in [-0.25, -0.2) is 0 Å². The number of aryl methyl sites for hydroxylation is 2. The van der Waals surface area contributed by atoms with Crippen LogP contribution in [0.4, 0.5) is 5.69 Å². The molecule has 1 aromatic carbocycles. The van der Waals surface area contributed by atoms with Crippen LogP contribution in [0.1, 0.15) is 49.7 Å². The Bertz CT molecular complexity index is 665. The summed E-state index contributed by atoms with van der Waals surface area (Å²) in [5.41, 5.74) is 1.52. The lowest BCUT2D eigenvalue weighted by molar-refractivity contribution is -0.153. The van der Waals surface area contributed by atoms with E-state index in [1.807, 2.05) is 31.4 Å². The lowest BCUT2D eigenvalue weighted by atomic mass is 9.71. The molecule has 128 valence electrons. The van der Waals surface area contributed by atoms with Gasteiger partial charge in [-0.2, -0.15) is 5.26 Å². The van der Waals surface area contributed by atoms with Crippen LogP contribution in [0.5, 0.6) is 0 Å². The van der Waals surface area contributed by atoms with E-state index in [-0.39, 0.29) is 12.3 Å². The molecule has 0 atom stereocenters. The predicted octanol–water partition coefficient (Wildman–Crippen LogP) is 4.24. The van der Waals surface area contributed by atoms with Crippen molar-refractivity contribution in [2.45, 2.75) is 57.3 Å². The topological polar surface area (TPSA) is 90.2 Å². The average molecular weight is 346 g/mol. The first-order valence-electron chi connectivity index (χ1n) is 8.08. The Morgan fingerprint density at radius 1 is 1.25 bits per heavy atom. The summed E-state index contributed by atoms with van der Waals surface area (Å²) in [4.78, 5) is 25.0. The van der Waals surface area contributed by atoms with Gasteiger partial charge in [0.2, 0.25) is 5.91 Å². The Hall–Kier alpha value is -2.00. The third kappa shape index (κ3) is 4.09. The molecule has 1 aliphatic carbocycles. The number of aliphatic carboxylic acids is 1. The number of thiocyanates is 1. The molecule has 1 saturated carbocycles. The van der Waals surface area contributed by atoms with Crippen LogP contribution in [0.3, 0.4) is 0 Å². The quantitative estimate of drug-likeness (QED) is 0.615. The van der Waals surface area contributed by atoms with Gasteiger partial charge in [-0.3, -0.25) is 9.59 Å². The second-order valence-corrected chi connectivity index (χ2v) is 7.35. The van der Waals surface area contributed by atoms with Crippen LogP contribution < -0.4 is 5.32 Å². The number of hydrogen-bond donors (Lipinski definition) is 2. The van der Waals surface area contributed by atoms with Crippen LogP contribution in [-0.2, 0) is 9.59 Å². The van der Waals surface area contributed by atoms with Gasteiger partial charge < -0.3 is 10.4 Å².